The van der Waals surface area contributed by atoms with E-state index >= 15 is 0 Å². The van der Waals surface area contributed by atoms with E-state index in [0.717, 1.165) is 43.3 Å². The lowest BCUT2D eigenvalue weighted by molar-refractivity contribution is 0.102. The quantitative estimate of drug-likeness (QED) is 0.827. The average molecular weight is 364 g/mol. The summed E-state index contributed by atoms with van der Waals surface area (Å²) in [5, 5.41) is 3.01. The molecular formula is C22H28N4O. The van der Waals surface area contributed by atoms with Crippen molar-refractivity contribution in [3.8, 4) is 0 Å². The van der Waals surface area contributed by atoms with Crippen molar-refractivity contribution in [2.75, 3.05) is 42.9 Å². The Kier molecular flexibility index (Phi) is 5.41. The number of anilines is 2. The van der Waals surface area contributed by atoms with Crippen LogP contribution in [0.5, 0.6) is 0 Å². The van der Waals surface area contributed by atoms with Gasteiger partial charge in [-0.2, -0.15) is 0 Å². The van der Waals surface area contributed by atoms with Gasteiger partial charge in [-0.1, -0.05) is 18.2 Å². The van der Waals surface area contributed by atoms with Gasteiger partial charge in [0.25, 0.3) is 5.91 Å². The molecule has 1 aliphatic heterocycles. The van der Waals surface area contributed by atoms with Crippen LogP contribution in [-0.4, -0.2) is 43.5 Å². The van der Waals surface area contributed by atoms with Crippen LogP contribution < -0.4 is 16.0 Å². The minimum Gasteiger partial charge on any atom is -0.369 e. The maximum Gasteiger partial charge on any atom is 0.255 e. The number of nitrogens with two attached hydrogens (primary N) is 1. The predicted octanol–water partition coefficient (Wildman–Crippen LogP) is 2.93. The van der Waals surface area contributed by atoms with Crippen molar-refractivity contribution in [3.05, 3.63) is 59.7 Å². The molecule has 2 aliphatic rings. The van der Waals surface area contributed by atoms with Crippen LogP contribution in [0.2, 0.25) is 0 Å². The topological polar surface area (TPSA) is 61.6 Å². The van der Waals surface area contributed by atoms with Crippen LogP contribution in [0, 0.1) is 5.92 Å². The van der Waals surface area contributed by atoms with Crippen LogP contribution in [0.3, 0.4) is 0 Å². The Morgan fingerprint density at radius 2 is 1.78 bits per heavy atom. The Morgan fingerprint density at radius 1 is 1.04 bits per heavy atom. The fraction of sp³-hybridized carbons (Fsp3) is 0.409. The number of amides is 1. The fourth-order valence-electron chi connectivity index (χ4n) is 3.63. The second-order valence-electron chi connectivity index (χ2n) is 7.64. The van der Waals surface area contributed by atoms with Crippen LogP contribution in [0.1, 0.15) is 28.8 Å². The van der Waals surface area contributed by atoms with Gasteiger partial charge in [-0.05, 0) is 54.7 Å². The van der Waals surface area contributed by atoms with Crippen molar-refractivity contribution in [2.45, 2.75) is 19.4 Å². The second-order valence-corrected chi connectivity index (χ2v) is 7.64. The lowest BCUT2D eigenvalue weighted by atomic mass is 10.1. The molecule has 5 heteroatoms. The molecule has 1 saturated carbocycles. The molecule has 5 nitrogen and oxygen atoms in total. The van der Waals surface area contributed by atoms with Crippen molar-refractivity contribution in [1.82, 2.24) is 4.90 Å². The van der Waals surface area contributed by atoms with E-state index < -0.39 is 0 Å². The molecular weight excluding hydrogens is 336 g/mol. The smallest absolute Gasteiger partial charge is 0.255 e. The lowest BCUT2D eigenvalue weighted by Gasteiger charge is -2.36. The Bertz CT molecular complexity index is 777. The van der Waals surface area contributed by atoms with Crippen LogP contribution in [0.25, 0.3) is 0 Å². The van der Waals surface area contributed by atoms with Gasteiger partial charge in [0.1, 0.15) is 0 Å². The Morgan fingerprint density at radius 3 is 2.44 bits per heavy atom. The molecule has 4 rings (SSSR count). The zero-order valence-corrected chi connectivity index (χ0v) is 15.7. The minimum atomic E-state index is -0.0926. The number of hydrogen-bond donors (Lipinski definition) is 2. The van der Waals surface area contributed by atoms with Crippen LogP contribution in [0.15, 0.2) is 48.5 Å². The molecule has 2 aromatic rings. The van der Waals surface area contributed by atoms with Crippen molar-refractivity contribution in [2.24, 2.45) is 11.7 Å². The first-order chi connectivity index (χ1) is 13.2. The lowest BCUT2D eigenvalue weighted by Crippen LogP contribution is -2.47. The number of rotatable bonds is 6. The van der Waals surface area contributed by atoms with E-state index in [1.807, 2.05) is 36.4 Å². The van der Waals surface area contributed by atoms with Gasteiger partial charge < -0.3 is 16.0 Å². The van der Waals surface area contributed by atoms with Crippen molar-refractivity contribution >= 4 is 17.3 Å². The standard InChI is InChI=1S/C22H28N4O/c23-15-17-6-8-19(9-7-17)22(27)24-20-2-1-3-21(14-20)26-12-10-25(11-13-26)16-18-4-5-18/h1-3,6-9,14,18H,4-5,10-13,15-16,23H2,(H,24,27). The summed E-state index contributed by atoms with van der Waals surface area (Å²) in [6.45, 7) is 6.10. The Labute approximate surface area is 161 Å². The van der Waals surface area contributed by atoms with Gasteiger partial charge in [0.15, 0.2) is 0 Å². The summed E-state index contributed by atoms with van der Waals surface area (Å²) in [5.41, 5.74) is 9.29. The van der Waals surface area contributed by atoms with Gasteiger partial charge >= 0.3 is 0 Å². The van der Waals surface area contributed by atoms with Crippen LogP contribution in [0.4, 0.5) is 11.4 Å². The summed E-state index contributed by atoms with van der Waals surface area (Å²) in [6.07, 6.45) is 2.83. The fourth-order valence-corrected chi connectivity index (χ4v) is 3.63. The summed E-state index contributed by atoms with van der Waals surface area (Å²) in [7, 11) is 0. The highest BCUT2D eigenvalue weighted by Crippen LogP contribution is 2.30. The third-order valence-corrected chi connectivity index (χ3v) is 5.51. The van der Waals surface area contributed by atoms with E-state index in [0.29, 0.717) is 12.1 Å². The zero-order valence-electron chi connectivity index (χ0n) is 15.7. The molecule has 0 spiro atoms. The molecule has 1 heterocycles. The van der Waals surface area contributed by atoms with Gasteiger partial charge in [0.2, 0.25) is 0 Å². The largest absolute Gasteiger partial charge is 0.369 e. The van der Waals surface area contributed by atoms with Crippen LogP contribution in [-0.2, 0) is 6.54 Å². The number of nitrogens with zero attached hydrogens (tertiary/aromatic N) is 2. The molecule has 3 N–H and O–H groups in total. The highest BCUT2D eigenvalue weighted by Gasteiger charge is 2.26. The second kappa shape index (κ2) is 8.11. The maximum absolute atomic E-state index is 12.5. The molecule has 0 atom stereocenters. The number of carbonyl (C=O) groups is 1. The van der Waals surface area contributed by atoms with E-state index in [1.165, 1.54) is 25.1 Å². The normalized spacial score (nSPS) is 17.7. The molecule has 1 amide bonds. The number of piperazine rings is 1. The van der Waals surface area contributed by atoms with E-state index in [-0.39, 0.29) is 5.91 Å². The molecule has 2 aromatic carbocycles. The molecule has 0 radical (unpaired) electrons. The third kappa shape index (κ3) is 4.67. The summed E-state index contributed by atoms with van der Waals surface area (Å²) >= 11 is 0. The van der Waals surface area contributed by atoms with E-state index in [1.54, 1.807) is 0 Å². The van der Waals surface area contributed by atoms with E-state index in [9.17, 15) is 4.79 Å². The Hall–Kier alpha value is -2.37. The number of benzene rings is 2. The average Bonchev–Trinajstić information content (AvgIpc) is 3.53. The molecule has 0 unspecified atom stereocenters. The number of carbonyl (C=O) groups excluding carboxylic acids is 1. The van der Waals surface area contributed by atoms with Crippen molar-refractivity contribution < 1.29 is 4.79 Å². The predicted molar refractivity (Wildman–Crippen MR) is 110 cm³/mol. The number of nitrogens with one attached hydrogen (secondary N) is 1. The molecule has 2 fully saturated rings. The molecule has 142 valence electrons. The van der Waals surface area contributed by atoms with Gasteiger partial charge in [-0.15, -0.1) is 0 Å². The monoisotopic (exact) mass is 364 g/mol. The van der Waals surface area contributed by atoms with Gasteiger partial charge in [-0.25, -0.2) is 0 Å². The first-order valence-electron chi connectivity index (χ1n) is 9.89. The molecule has 0 bridgehead atoms. The highest BCUT2D eigenvalue weighted by molar-refractivity contribution is 6.04. The first-order valence-corrected chi connectivity index (χ1v) is 9.89. The summed E-state index contributed by atoms with van der Waals surface area (Å²) in [5.74, 6) is 0.860. The van der Waals surface area contributed by atoms with Gasteiger partial charge in [0, 0.05) is 56.2 Å². The molecule has 0 aromatic heterocycles. The maximum atomic E-state index is 12.5. The van der Waals surface area contributed by atoms with Gasteiger partial charge in [-0.3, -0.25) is 9.69 Å². The van der Waals surface area contributed by atoms with E-state index in [2.05, 4.69) is 27.2 Å². The third-order valence-electron chi connectivity index (χ3n) is 5.51. The summed E-state index contributed by atoms with van der Waals surface area (Å²) < 4.78 is 0. The summed E-state index contributed by atoms with van der Waals surface area (Å²) in [6, 6.07) is 15.6. The van der Waals surface area contributed by atoms with Gasteiger partial charge in [0.05, 0.1) is 0 Å². The number of hydrogen-bond acceptors (Lipinski definition) is 4. The molecule has 1 aliphatic carbocycles. The SMILES string of the molecule is NCc1ccc(C(=O)Nc2cccc(N3CCN(CC4CC4)CC3)c2)cc1. The highest BCUT2D eigenvalue weighted by atomic mass is 16.1. The molecule has 1 saturated heterocycles. The van der Waals surface area contributed by atoms with Crippen LogP contribution >= 0.6 is 0 Å². The summed E-state index contributed by atoms with van der Waals surface area (Å²) in [4.78, 5) is 17.5. The van der Waals surface area contributed by atoms with Crippen molar-refractivity contribution in [3.63, 3.8) is 0 Å². The molecule has 27 heavy (non-hydrogen) atoms. The minimum absolute atomic E-state index is 0.0926. The van der Waals surface area contributed by atoms with Crippen molar-refractivity contribution in [1.29, 1.82) is 0 Å². The first kappa shape index (κ1) is 18.0. The zero-order chi connectivity index (χ0) is 18.6. The van der Waals surface area contributed by atoms with E-state index in [4.69, 9.17) is 5.73 Å². The Balaban J connectivity index is 1.36.